The normalized spacial score (nSPS) is 22.3. The van der Waals surface area contributed by atoms with E-state index in [0.717, 1.165) is 25.4 Å². The maximum atomic E-state index is 5.64. The Morgan fingerprint density at radius 1 is 1.17 bits per heavy atom. The van der Waals surface area contributed by atoms with Crippen LogP contribution in [0.25, 0.3) is 0 Å². The molecule has 3 atom stereocenters. The Bertz CT molecular complexity index is 498. The third-order valence-electron chi connectivity index (χ3n) is 3.19. The van der Waals surface area contributed by atoms with E-state index in [9.17, 15) is 0 Å². The number of para-hydroxylation sites is 1. The highest BCUT2D eigenvalue weighted by molar-refractivity contribution is 6.20. The smallest absolute Gasteiger partial charge is 0.149 e. The van der Waals surface area contributed by atoms with Gasteiger partial charge in [-0.1, -0.05) is 42.5 Å². The van der Waals surface area contributed by atoms with Gasteiger partial charge in [-0.05, 0) is 24.1 Å². The number of halogens is 1. The van der Waals surface area contributed by atoms with E-state index in [4.69, 9.17) is 30.5 Å². The lowest BCUT2D eigenvalue weighted by atomic mass is 10.1. The number of hydrogen-bond acceptors (Lipinski definition) is 4. The summed E-state index contributed by atoms with van der Waals surface area (Å²) in [6, 6.07) is 8.04. The molecule has 3 unspecified atom stereocenters. The van der Waals surface area contributed by atoms with Crippen molar-refractivity contribution in [3.8, 4) is 5.75 Å². The van der Waals surface area contributed by atoms with E-state index in [-0.39, 0.29) is 11.7 Å². The summed E-state index contributed by atoms with van der Waals surface area (Å²) in [5.74, 6) is 0.947. The third kappa shape index (κ3) is 7.66. The average Bonchev–Trinajstić information content (AvgIpc) is 3.47. The van der Waals surface area contributed by atoms with Gasteiger partial charge in [0.15, 0.2) is 0 Å². The summed E-state index contributed by atoms with van der Waals surface area (Å²) >= 11 is 5.54. The van der Waals surface area contributed by atoms with E-state index in [1.807, 2.05) is 24.3 Å². The van der Waals surface area contributed by atoms with E-state index < -0.39 is 0 Å². The molecule has 1 aromatic carbocycles. The SMILES string of the molecule is C=CC(Cl)OCC1CO1.C=CCc1ccccc1OCC1CO1. The van der Waals surface area contributed by atoms with Gasteiger partial charge >= 0.3 is 0 Å². The van der Waals surface area contributed by atoms with Gasteiger partial charge in [0.1, 0.15) is 30.1 Å². The highest BCUT2D eigenvalue weighted by Gasteiger charge is 2.23. The predicted octanol–water partition coefficient (Wildman–Crippen LogP) is 3.35. The number of ether oxygens (including phenoxy) is 4. The van der Waals surface area contributed by atoms with Crippen LogP contribution < -0.4 is 4.74 Å². The molecule has 2 fully saturated rings. The van der Waals surface area contributed by atoms with E-state index in [0.29, 0.717) is 19.3 Å². The summed E-state index contributed by atoms with van der Waals surface area (Å²) in [7, 11) is 0. The molecule has 0 bridgehead atoms. The van der Waals surface area contributed by atoms with Crippen LogP contribution in [-0.4, -0.2) is 44.2 Å². The zero-order chi connectivity index (χ0) is 16.5. The fourth-order valence-corrected chi connectivity index (χ4v) is 1.82. The second-order valence-electron chi connectivity index (χ2n) is 5.24. The minimum atomic E-state index is -0.366. The number of alkyl halides is 1. The molecule has 2 aliphatic rings. The molecule has 5 heteroatoms. The van der Waals surface area contributed by atoms with Crippen LogP contribution in [0.15, 0.2) is 49.6 Å². The Balaban J connectivity index is 0.000000185. The van der Waals surface area contributed by atoms with Crippen molar-refractivity contribution in [3.05, 3.63) is 55.1 Å². The molecule has 23 heavy (non-hydrogen) atoms. The van der Waals surface area contributed by atoms with Crippen molar-refractivity contribution in [2.24, 2.45) is 0 Å². The molecule has 0 radical (unpaired) electrons. The number of allylic oxidation sites excluding steroid dienone is 1. The molecule has 0 aliphatic carbocycles. The molecule has 0 spiro atoms. The van der Waals surface area contributed by atoms with Crippen molar-refractivity contribution in [2.75, 3.05) is 26.4 Å². The van der Waals surface area contributed by atoms with Crippen molar-refractivity contribution >= 4 is 11.6 Å². The summed E-state index contributed by atoms with van der Waals surface area (Å²) in [5, 5.41) is 0. The van der Waals surface area contributed by atoms with Crippen molar-refractivity contribution in [1.82, 2.24) is 0 Å². The maximum absolute atomic E-state index is 5.64. The molecule has 1 aromatic rings. The highest BCUT2D eigenvalue weighted by Crippen LogP contribution is 2.20. The molecule has 3 rings (SSSR count). The summed E-state index contributed by atoms with van der Waals surface area (Å²) in [4.78, 5) is 0. The predicted molar refractivity (Wildman–Crippen MR) is 91.1 cm³/mol. The average molecular weight is 339 g/mol. The quantitative estimate of drug-likeness (QED) is 0.393. The van der Waals surface area contributed by atoms with Crippen LogP contribution in [0, 0.1) is 0 Å². The lowest BCUT2D eigenvalue weighted by Gasteiger charge is -2.08. The zero-order valence-electron chi connectivity index (χ0n) is 13.2. The first-order chi connectivity index (χ1) is 11.2. The van der Waals surface area contributed by atoms with Crippen LogP contribution >= 0.6 is 11.6 Å². The van der Waals surface area contributed by atoms with E-state index in [1.54, 1.807) is 6.08 Å². The number of rotatable bonds is 9. The topological polar surface area (TPSA) is 43.5 Å². The van der Waals surface area contributed by atoms with Crippen LogP contribution in [0.2, 0.25) is 0 Å². The Kier molecular flexibility index (Phi) is 7.62. The molecule has 4 nitrogen and oxygen atoms in total. The minimum absolute atomic E-state index is 0.284. The maximum Gasteiger partial charge on any atom is 0.149 e. The Labute approximate surface area is 142 Å². The lowest BCUT2D eigenvalue weighted by Crippen LogP contribution is -2.06. The number of hydrogen-bond donors (Lipinski definition) is 0. The van der Waals surface area contributed by atoms with Gasteiger partial charge < -0.3 is 18.9 Å². The second-order valence-corrected chi connectivity index (χ2v) is 5.67. The molecule has 2 saturated heterocycles. The van der Waals surface area contributed by atoms with Gasteiger partial charge in [-0.25, -0.2) is 0 Å². The zero-order valence-corrected chi connectivity index (χ0v) is 13.9. The molecular weight excluding hydrogens is 316 g/mol. The van der Waals surface area contributed by atoms with Crippen LogP contribution in [0.3, 0.4) is 0 Å². The lowest BCUT2D eigenvalue weighted by molar-refractivity contribution is 0.117. The standard InChI is InChI=1S/C12H14O2.C6H9ClO2/c1-2-5-10-6-3-4-7-12(10)14-9-11-8-13-11;1-2-6(7)9-4-5-3-8-5/h2-4,6-7,11H,1,5,8-9H2;2,5-6H,1,3-4H2. The fourth-order valence-electron chi connectivity index (χ4n) is 1.75. The largest absolute Gasteiger partial charge is 0.490 e. The van der Waals surface area contributed by atoms with Crippen LogP contribution in [0.4, 0.5) is 0 Å². The Morgan fingerprint density at radius 3 is 2.43 bits per heavy atom. The third-order valence-corrected chi connectivity index (χ3v) is 3.50. The summed E-state index contributed by atoms with van der Waals surface area (Å²) in [6.07, 6.45) is 4.87. The van der Waals surface area contributed by atoms with Gasteiger partial charge in [-0.3, -0.25) is 0 Å². The monoisotopic (exact) mass is 338 g/mol. The summed E-state index contributed by atoms with van der Waals surface area (Å²) in [5.41, 5.74) is 0.817. The van der Waals surface area contributed by atoms with Gasteiger partial charge in [0.05, 0.1) is 19.8 Å². The molecule has 0 amide bonds. The molecular formula is C18H23ClO4. The molecule has 0 saturated carbocycles. The first-order valence-corrected chi connectivity index (χ1v) is 8.09. The number of benzene rings is 1. The van der Waals surface area contributed by atoms with Gasteiger partial charge in [-0.15, -0.1) is 6.58 Å². The van der Waals surface area contributed by atoms with Gasteiger partial charge in [0.2, 0.25) is 0 Å². The fraction of sp³-hybridized carbons (Fsp3) is 0.444. The van der Waals surface area contributed by atoms with Crippen LogP contribution in [-0.2, 0) is 20.6 Å². The Hall–Kier alpha value is -1.33. The van der Waals surface area contributed by atoms with E-state index in [2.05, 4.69) is 19.2 Å². The summed E-state index contributed by atoms with van der Waals surface area (Å²) in [6.45, 7) is 10.1. The van der Waals surface area contributed by atoms with E-state index in [1.165, 1.54) is 5.56 Å². The molecule has 2 aliphatic heterocycles. The highest BCUT2D eigenvalue weighted by atomic mass is 35.5. The van der Waals surface area contributed by atoms with Crippen molar-refractivity contribution in [2.45, 2.75) is 24.2 Å². The minimum Gasteiger partial charge on any atom is -0.490 e. The van der Waals surface area contributed by atoms with Crippen molar-refractivity contribution < 1.29 is 18.9 Å². The Morgan fingerprint density at radius 2 is 1.83 bits per heavy atom. The first kappa shape index (κ1) is 18.0. The van der Waals surface area contributed by atoms with Gasteiger partial charge in [0.25, 0.3) is 0 Å². The summed E-state index contributed by atoms with van der Waals surface area (Å²) < 4.78 is 20.6. The molecule has 0 aromatic heterocycles. The van der Waals surface area contributed by atoms with E-state index >= 15 is 0 Å². The molecule has 0 N–H and O–H groups in total. The van der Waals surface area contributed by atoms with Gasteiger partial charge in [0, 0.05) is 0 Å². The number of epoxide rings is 2. The first-order valence-electron chi connectivity index (χ1n) is 7.66. The second kappa shape index (κ2) is 9.73. The van der Waals surface area contributed by atoms with Gasteiger partial charge in [-0.2, -0.15) is 0 Å². The van der Waals surface area contributed by atoms with Crippen molar-refractivity contribution in [1.29, 1.82) is 0 Å². The van der Waals surface area contributed by atoms with Crippen molar-refractivity contribution in [3.63, 3.8) is 0 Å². The van der Waals surface area contributed by atoms with Crippen LogP contribution in [0.1, 0.15) is 5.56 Å². The van der Waals surface area contributed by atoms with Crippen LogP contribution in [0.5, 0.6) is 5.75 Å². The molecule has 2 heterocycles. The molecule has 126 valence electrons.